The van der Waals surface area contributed by atoms with Gasteiger partial charge in [-0.25, -0.2) is 0 Å². The molecule has 0 rings (SSSR count). The van der Waals surface area contributed by atoms with E-state index in [1.165, 1.54) is 12.8 Å². The van der Waals surface area contributed by atoms with Crippen LogP contribution < -0.4 is 0 Å². The first-order valence-corrected chi connectivity index (χ1v) is 1.91. The number of hydrogen-bond donors (Lipinski definition) is 0. The molecule has 0 spiro atoms. The lowest BCUT2D eigenvalue weighted by atomic mass is 10.4. The summed E-state index contributed by atoms with van der Waals surface area (Å²) in [6.45, 7) is 4.36. The largest absolute Gasteiger partial charge is 0.187 e. The molecular weight excluding hydrogens is 244 g/mol. The van der Waals surface area contributed by atoms with E-state index >= 15 is 0 Å². The van der Waals surface area contributed by atoms with Gasteiger partial charge in [-0.1, -0.05) is 26.7 Å². The van der Waals surface area contributed by atoms with Crippen LogP contribution >= 0.6 is 49.6 Å². The third-order valence-corrected chi connectivity index (χ3v) is 0.500. The highest BCUT2D eigenvalue weighted by Crippen LogP contribution is 1.76. The third kappa shape index (κ3) is 83.7. The summed E-state index contributed by atoms with van der Waals surface area (Å²) in [5.74, 6) is 0. The van der Waals surface area contributed by atoms with E-state index in [1.807, 2.05) is 0 Å². The summed E-state index contributed by atoms with van der Waals surface area (Å²) in [5.41, 5.74) is 0. The Morgan fingerprint density at radius 3 is 0.700 bits per heavy atom. The third-order valence-electron chi connectivity index (χ3n) is 0.500. The van der Waals surface area contributed by atoms with Crippen molar-refractivity contribution >= 4 is 84.4 Å². The SMILES string of the molecule is CCCC.Cl.Cl.Cl.Cl.[AlH3].[AlH3]. The molecule has 0 heterocycles. The van der Waals surface area contributed by atoms with Crippen molar-refractivity contribution < 1.29 is 0 Å². The Morgan fingerprint density at radius 1 is 0.600 bits per heavy atom. The zero-order valence-electron chi connectivity index (χ0n) is 5.05. The van der Waals surface area contributed by atoms with Gasteiger partial charge in [0.2, 0.25) is 0 Å². The Balaban J connectivity index is -0.00000000300. The number of unbranched alkanes of at least 4 members (excludes halogenated alkanes) is 1. The van der Waals surface area contributed by atoms with Gasteiger partial charge in [0.1, 0.15) is 0 Å². The monoisotopic (exact) mass is 262 g/mol. The highest BCUT2D eigenvalue weighted by atomic mass is 35.5. The van der Waals surface area contributed by atoms with Gasteiger partial charge in [-0.05, 0) is 0 Å². The predicted molar refractivity (Wildman–Crippen MR) is 69.5 cm³/mol. The molecule has 0 saturated carbocycles. The molecule has 0 aliphatic carbocycles. The Morgan fingerprint density at radius 2 is 0.700 bits per heavy atom. The van der Waals surface area contributed by atoms with E-state index in [0.29, 0.717) is 0 Å². The van der Waals surface area contributed by atoms with Gasteiger partial charge in [-0.15, -0.1) is 49.6 Å². The summed E-state index contributed by atoms with van der Waals surface area (Å²) in [6.07, 6.45) is 2.64. The molecule has 0 bridgehead atoms. The fraction of sp³-hybridized carbons (Fsp3) is 1.00. The first kappa shape index (κ1) is 56.4. The van der Waals surface area contributed by atoms with Crippen molar-refractivity contribution in [3.05, 3.63) is 0 Å². The van der Waals surface area contributed by atoms with E-state index in [0.717, 1.165) is 0 Å². The molecule has 0 saturated heterocycles. The fourth-order valence-electron chi connectivity index (χ4n) is 0. The van der Waals surface area contributed by atoms with Crippen LogP contribution in [0.3, 0.4) is 0 Å². The minimum absolute atomic E-state index is 0. The van der Waals surface area contributed by atoms with Crippen molar-refractivity contribution in [2.75, 3.05) is 0 Å². The normalized spacial score (nSPS) is 3.00. The maximum Gasteiger partial charge on any atom is 0.187 e. The molecule has 0 aliphatic rings. The van der Waals surface area contributed by atoms with Crippen molar-refractivity contribution in [1.29, 1.82) is 0 Å². The van der Waals surface area contributed by atoms with Gasteiger partial charge < -0.3 is 0 Å². The zero-order chi connectivity index (χ0) is 3.41. The van der Waals surface area contributed by atoms with E-state index in [9.17, 15) is 0 Å². The quantitative estimate of drug-likeness (QED) is 0.623. The molecular formula is C4H20Al2Cl4. The summed E-state index contributed by atoms with van der Waals surface area (Å²) in [5, 5.41) is 0. The Bertz CT molecular complexity index is 17.2. The van der Waals surface area contributed by atoms with Crippen molar-refractivity contribution in [1.82, 2.24) is 0 Å². The van der Waals surface area contributed by atoms with Crippen molar-refractivity contribution in [2.24, 2.45) is 0 Å². The fourth-order valence-corrected chi connectivity index (χ4v) is 0. The van der Waals surface area contributed by atoms with Crippen LogP contribution in [-0.2, 0) is 0 Å². The number of halogens is 4. The van der Waals surface area contributed by atoms with Gasteiger partial charge >= 0.3 is 0 Å². The lowest BCUT2D eigenvalue weighted by molar-refractivity contribution is 0.886. The van der Waals surface area contributed by atoms with Gasteiger partial charge in [0, 0.05) is 0 Å². The van der Waals surface area contributed by atoms with E-state index in [2.05, 4.69) is 13.8 Å². The molecule has 6 heteroatoms. The van der Waals surface area contributed by atoms with Gasteiger partial charge in [0.15, 0.2) is 34.7 Å². The van der Waals surface area contributed by atoms with E-state index in [-0.39, 0.29) is 84.4 Å². The molecule has 0 N–H and O–H groups in total. The van der Waals surface area contributed by atoms with Crippen LogP contribution in [0.2, 0.25) is 0 Å². The van der Waals surface area contributed by atoms with Crippen LogP contribution in [0.1, 0.15) is 26.7 Å². The summed E-state index contributed by atoms with van der Waals surface area (Å²) in [4.78, 5) is 0. The molecule has 0 amide bonds. The highest BCUT2D eigenvalue weighted by Gasteiger charge is 1.56. The summed E-state index contributed by atoms with van der Waals surface area (Å²) < 4.78 is 0. The molecule has 10 heavy (non-hydrogen) atoms. The van der Waals surface area contributed by atoms with E-state index in [1.54, 1.807) is 0 Å². The van der Waals surface area contributed by atoms with Crippen molar-refractivity contribution in [2.45, 2.75) is 26.7 Å². The van der Waals surface area contributed by atoms with Gasteiger partial charge in [-0.3, -0.25) is 0 Å². The zero-order valence-corrected chi connectivity index (χ0v) is 8.31. The molecule has 0 aliphatic heterocycles. The first-order valence-electron chi connectivity index (χ1n) is 1.91. The summed E-state index contributed by atoms with van der Waals surface area (Å²) in [6, 6.07) is 0. The van der Waals surface area contributed by atoms with Crippen LogP contribution in [0.5, 0.6) is 0 Å². The number of rotatable bonds is 1. The first-order chi connectivity index (χ1) is 1.91. The van der Waals surface area contributed by atoms with Crippen LogP contribution in [-0.4, -0.2) is 34.7 Å². The van der Waals surface area contributed by atoms with Crippen LogP contribution in [0.15, 0.2) is 0 Å². The molecule has 0 aromatic rings. The second kappa shape index (κ2) is 65.7. The molecule has 0 aromatic heterocycles. The molecule has 70 valence electrons. The highest BCUT2D eigenvalue weighted by molar-refractivity contribution is 5.86. The van der Waals surface area contributed by atoms with Crippen LogP contribution in [0, 0.1) is 0 Å². The summed E-state index contributed by atoms with van der Waals surface area (Å²) in [7, 11) is 0. The minimum atomic E-state index is 0. The Kier molecular flexibility index (Phi) is 371. The van der Waals surface area contributed by atoms with E-state index in [4.69, 9.17) is 0 Å². The Labute approximate surface area is 110 Å². The maximum absolute atomic E-state index is 2.18. The molecule has 0 fully saturated rings. The smallest absolute Gasteiger partial charge is 0.147 e. The van der Waals surface area contributed by atoms with Gasteiger partial charge in [0.25, 0.3) is 0 Å². The summed E-state index contributed by atoms with van der Waals surface area (Å²) >= 11 is 0. The van der Waals surface area contributed by atoms with Crippen molar-refractivity contribution in [3.63, 3.8) is 0 Å². The van der Waals surface area contributed by atoms with Crippen LogP contribution in [0.4, 0.5) is 0 Å². The average Bonchev–Trinajstić information content (AvgIpc) is 1.37. The van der Waals surface area contributed by atoms with E-state index < -0.39 is 0 Å². The predicted octanol–water partition coefficient (Wildman–Crippen LogP) is 1.13. The molecule has 0 aromatic carbocycles. The van der Waals surface area contributed by atoms with Crippen LogP contribution in [0.25, 0.3) is 0 Å². The van der Waals surface area contributed by atoms with Crippen molar-refractivity contribution in [3.8, 4) is 0 Å². The average molecular weight is 264 g/mol. The molecule has 0 unspecified atom stereocenters. The molecule has 0 radical (unpaired) electrons. The molecule has 0 atom stereocenters. The topological polar surface area (TPSA) is 0 Å². The van der Waals surface area contributed by atoms with Gasteiger partial charge in [-0.2, -0.15) is 0 Å². The lowest BCUT2D eigenvalue weighted by Crippen LogP contribution is -1.47. The second-order valence-electron chi connectivity index (χ2n) is 1.000. The lowest BCUT2D eigenvalue weighted by Gasteiger charge is -1.68. The maximum atomic E-state index is 2.18. The standard InChI is InChI=1S/C4H10.2Al.4ClH.6H/c1-3-4-2;;;;;;;;;;;;/h3-4H2,1-2H3;;;4*1H;;;;;;. The van der Waals surface area contributed by atoms with Gasteiger partial charge in [0.05, 0.1) is 0 Å². The Hall–Kier alpha value is 2.22. The number of hydrogen-bond acceptors (Lipinski definition) is 0. The minimum Gasteiger partial charge on any atom is -0.147 e. The molecule has 0 nitrogen and oxygen atoms in total. The second-order valence-corrected chi connectivity index (χ2v) is 1.000.